The number of rotatable bonds is 5. The minimum atomic E-state index is -1.51. The minimum absolute atomic E-state index is 0.00883. The molecule has 0 spiro atoms. The van der Waals surface area contributed by atoms with Gasteiger partial charge in [0.25, 0.3) is 10.5 Å². The molecule has 2 aliphatic rings. The first-order valence-electron chi connectivity index (χ1n) is 8.90. The van der Waals surface area contributed by atoms with Crippen molar-refractivity contribution < 1.29 is 29.2 Å². The van der Waals surface area contributed by atoms with Gasteiger partial charge in [-0.25, -0.2) is 0 Å². The topological polar surface area (TPSA) is 77.4 Å². The van der Waals surface area contributed by atoms with Crippen molar-refractivity contribution in [3.63, 3.8) is 0 Å². The van der Waals surface area contributed by atoms with Crippen LogP contribution < -0.4 is 0 Å². The summed E-state index contributed by atoms with van der Waals surface area (Å²) in [5.74, 6) is 0. The van der Waals surface area contributed by atoms with Crippen molar-refractivity contribution in [3.05, 3.63) is 71.8 Å². The van der Waals surface area contributed by atoms with Gasteiger partial charge in [-0.3, -0.25) is 0 Å². The molecule has 2 fully saturated rings. The van der Waals surface area contributed by atoms with Gasteiger partial charge in [-0.05, 0) is 0 Å². The minimum Gasteiger partial charge on any atom is -0.387 e. The molecule has 0 radical (unpaired) electrons. The molecule has 150 valence electrons. The van der Waals surface area contributed by atoms with Crippen molar-refractivity contribution >= 4 is 23.2 Å². The van der Waals surface area contributed by atoms with Crippen molar-refractivity contribution in [2.24, 2.45) is 0 Å². The Balaban J connectivity index is 1.41. The van der Waals surface area contributed by atoms with Gasteiger partial charge in [0, 0.05) is 11.1 Å². The normalized spacial score (nSPS) is 35.0. The van der Waals surface area contributed by atoms with Gasteiger partial charge in [-0.15, -0.1) is 0 Å². The van der Waals surface area contributed by atoms with Gasteiger partial charge in [-0.1, -0.05) is 83.9 Å². The Morgan fingerprint density at radius 2 is 1.07 bits per heavy atom. The highest BCUT2D eigenvalue weighted by Gasteiger charge is 2.50. The van der Waals surface area contributed by atoms with Crippen LogP contribution in [0.5, 0.6) is 0 Å². The Hall–Kier alpha value is -1.22. The molecule has 2 N–H and O–H groups in total. The third kappa shape index (κ3) is 3.79. The molecule has 2 saturated heterocycles. The Morgan fingerprint density at radius 3 is 1.43 bits per heavy atom. The van der Waals surface area contributed by atoms with Gasteiger partial charge >= 0.3 is 0 Å². The van der Waals surface area contributed by atoms with Gasteiger partial charge in [0.15, 0.2) is 0 Å². The maximum absolute atomic E-state index is 10.6. The van der Waals surface area contributed by atoms with Crippen LogP contribution in [0.25, 0.3) is 0 Å². The maximum Gasteiger partial charge on any atom is 0.276 e. The van der Waals surface area contributed by atoms with Gasteiger partial charge in [0.05, 0.1) is 13.2 Å². The predicted octanol–water partition coefficient (Wildman–Crippen LogP) is 2.64. The summed E-state index contributed by atoms with van der Waals surface area (Å²) in [6.45, 7) is 0.0177. The summed E-state index contributed by atoms with van der Waals surface area (Å²) < 4.78 is 22.6. The Labute approximate surface area is 172 Å². The predicted molar refractivity (Wildman–Crippen MR) is 102 cm³/mol. The van der Waals surface area contributed by atoms with Crippen LogP contribution in [0, 0.1) is 0 Å². The van der Waals surface area contributed by atoms with Crippen molar-refractivity contribution in [1.82, 2.24) is 0 Å². The molecule has 2 aliphatic heterocycles. The second kappa shape index (κ2) is 7.89. The van der Waals surface area contributed by atoms with Crippen LogP contribution in [0.4, 0.5) is 0 Å². The summed E-state index contributed by atoms with van der Waals surface area (Å²) in [7, 11) is 0. The molecule has 0 saturated carbocycles. The van der Waals surface area contributed by atoms with Gasteiger partial charge in [0.2, 0.25) is 0 Å². The van der Waals surface area contributed by atoms with E-state index in [1.54, 1.807) is 48.5 Å². The van der Waals surface area contributed by atoms with Crippen LogP contribution in [0.1, 0.15) is 11.1 Å². The molecule has 2 aromatic rings. The number of benzene rings is 2. The van der Waals surface area contributed by atoms with E-state index in [2.05, 4.69) is 0 Å². The molecule has 0 bridgehead atoms. The average Bonchev–Trinajstić information content (AvgIpc) is 3.33. The number of aliphatic hydroxyl groups excluding tert-OH is 2. The van der Waals surface area contributed by atoms with Crippen molar-refractivity contribution in [3.8, 4) is 0 Å². The summed E-state index contributed by atoms with van der Waals surface area (Å²) in [6.07, 6.45) is -4.32. The van der Waals surface area contributed by atoms with Gasteiger partial charge in [0.1, 0.15) is 24.4 Å². The van der Waals surface area contributed by atoms with E-state index in [9.17, 15) is 10.2 Å². The molecular weight excluding hydrogens is 407 g/mol. The second-order valence-electron chi connectivity index (χ2n) is 6.72. The largest absolute Gasteiger partial charge is 0.387 e. The standard InChI is InChI=1S/C20H20Cl2O6/c21-19(13-7-3-1-4-8-13)25-11-15(27-19)17(23)18(24)16-12-26-20(22,28-16)14-9-5-2-6-10-14/h1-10,15-18,23-24H,11-12H2/t15-,16+,17-,18-,19?,20?/m1/s1. The average molecular weight is 427 g/mol. The third-order valence-corrected chi connectivity index (χ3v) is 5.65. The molecule has 2 aromatic carbocycles. The highest BCUT2D eigenvalue weighted by molar-refractivity contribution is 6.22. The van der Waals surface area contributed by atoms with E-state index in [0.29, 0.717) is 11.1 Å². The number of aliphatic hydroxyl groups is 2. The molecule has 28 heavy (non-hydrogen) atoms. The van der Waals surface area contributed by atoms with E-state index >= 15 is 0 Å². The second-order valence-corrected chi connectivity index (χ2v) is 7.72. The quantitative estimate of drug-likeness (QED) is 0.715. The van der Waals surface area contributed by atoms with Crippen molar-refractivity contribution in [2.45, 2.75) is 34.9 Å². The van der Waals surface area contributed by atoms with E-state index in [1.165, 1.54) is 0 Å². The molecule has 8 heteroatoms. The van der Waals surface area contributed by atoms with Crippen LogP contribution in [0.2, 0.25) is 0 Å². The zero-order chi connectivity index (χ0) is 19.8. The van der Waals surface area contributed by atoms with Crippen LogP contribution in [0.3, 0.4) is 0 Å². The fourth-order valence-corrected chi connectivity index (χ4v) is 3.86. The number of alkyl halides is 2. The van der Waals surface area contributed by atoms with E-state index in [0.717, 1.165) is 0 Å². The fraction of sp³-hybridized carbons (Fsp3) is 0.400. The third-order valence-electron chi connectivity index (χ3n) is 4.82. The molecule has 2 heterocycles. The zero-order valence-corrected chi connectivity index (χ0v) is 16.3. The number of ether oxygens (including phenoxy) is 4. The maximum atomic E-state index is 10.6. The molecule has 0 aromatic heterocycles. The number of halogens is 2. The van der Waals surface area contributed by atoms with E-state index < -0.39 is 34.9 Å². The number of hydrogen-bond acceptors (Lipinski definition) is 6. The molecule has 0 amide bonds. The Kier molecular flexibility index (Phi) is 5.66. The summed E-state index contributed by atoms with van der Waals surface area (Å²) >= 11 is 12.8. The first-order chi connectivity index (χ1) is 13.4. The van der Waals surface area contributed by atoms with E-state index in [-0.39, 0.29) is 13.2 Å². The van der Waals surface area contributed by atoms with Crippen LogP contribution >= 0.6 is 23.2 Å². The van der Waals surface area contributed by atoms with E-state index in [4.69, 9.17) is 42.1 Å². The Morgan fingerprint density at radius 1 is 0.714 bits per heavy atom. The van der Waals surface area contributed by atoms with Crippen LogP contribution in [-0.4, -0.2) is 47.8 Å². The molecule has 4 rings (SSSR count). The number of hydrogen-bond donors (Lipinski definition) is 2. The molecule has 6 atom stereocenters. The molecule has 0 aliphatic carbocycles. The Bertz CT molecular complexity index is 726. The fourth-order valence-electron chi connectivity index (χ4n) is 3.26. The first kappa shape index (κ1) is 20.1. The van der Waals surface area contributed by atoms with Gasteiger partial charge in [-0.2, -0.15) is 0 Å². The van der Waals surface area contributed by atoms with E-state index in [1.807, 2.05) is 12.1 Å². The van der Waals surface area contributed by atoms with Crippen molar-refractivity contribution in [1.29, 1.82) is 0 Å². The molecule has 2 unspecified atom stereocenters. The van der Waals surface area contributed by atoms with Crippen LogP contribution in [0.15, 0.2) is 60.7 Å². The lowest BCUT2D eigenvalue weighted by atomic mass is 10.0. The zero-order valence-electron chi connectivity index (χ0n) is 14.8. The summed E-state index contributed by atoms with van der Waals surface area (Å²) in [5, 5.41) is 18.2. The SMILES string of the molecule is O[C@@H]([C@H](O)[C@H]1COC(Cl)(c2ccccc2)O1)[C@@H]1COC(Cl)(c2ccccc2)O1. The van der Waals surface area contributed by atoms with Gasteiger partial charge < -0.3 is 29.2 Å². The molecular formula is C20H20Cl2O6. The smallest absolute Gasteiger partial charge is 0.276 e. The summed E-state index contributed by atoms with van der Waals surface area (Å²) in [5.41, 5.74) is 1.20. The van der Waals surface area contributed by atoms with Crippen LogP contribution in [-0.2, 0) is 29.4 Å². The monoisotopic (exact) mass is 426 g/mol. The molecule has 6 nitrogen and oxygen atoms in total. The lowest BCUT2D eigenvalue weighted by Gasteiger charge is -2.28. The van der Waals surface area contributed by atoms with Crippen molar-refractivity contribution in [2.75, 3.05) is 13.2 Å². The highest BCUT2D eigenvalue weighted by Crippen LogP contribution is 2.42. The lowest BCUT2D eigenvalue weighted by Crippen LogP contribution is -2.47. The lowest BCUT2D eigenvalue weighted by molar-refractivity contribution is -0.163. The summed E-state index contributed by atoms with van der Waals surface area (Å²) in [4.78, 5) is 0. The first-order valence-corrected chi connectivity index (χ1v) is 9.65. The summed E-state index contributed by atoms with van der Waals surface area (Å²) in [6, 6.07) is 17.9. The highest BCUT2D eigenvalue weighted by atomic mass is 35.5.